The Bertz CT molecular complexity index is 299. The van der Waals surface area contributed by atoms with E-state index in [9.17, 15) is 0 Å². The molecule has 0 aliphatic heterocycles. The number of nitrogens with zero attached hydrogens (tertiary/aromatic N) is 1. The van der Waals surface area contributed by atoms with Crippen LogP contribution >= 0.6 is 11.3 Å². The van der Waals surface area contributed by atoms with Gasteiger partial charge >= 0.3 is 0 Å². The molecule has 86 valence electrons. The fourth-order valence-electron chi connectivity index (χ4n) is 1.77. The van der Waals surface area contributed by atoms with Gasteiger partial charge in [0, 0.05) is 23.7 Å². The SMILES string of the molecule is CCC(NCc1cnc(C)s1)C(C)(C)C. The molecule has 1 N–H and O–H groups in total. The molecule has 1 aromatic heterocycles. The summed E-state index contributed by atoms with van der Waals surface area (Å²) in [6.07, 6.45) is 3.14. The van der Waals surface area contributed by atoms with Crippen LogP contribution in [0.3, 0.4) is 0 Å². The largest absolute Gasteiger partial charge is 0.309 e. The minimum absolute atomic E-state index is 0.328. The third kappa shape index (κ3) is 3.92. The highest BCUT2D eigenvalue weighted by Crippen LogP contribution is 2.22. The fourth-order valence-corrected chi connectivity index (χ4v) is 2.52. The van der Waals surface area contributed by atoms with Crippen molar-refractivity contribution in [3.05, 3.63) is 16.1 Å². The van der Waals surface area contributed by atoms with Gasteiger partial charge in [-0.05, 0) is 18.8 Å². The number of aromatic nitrogens is 1. The Morgan fingerprint density at radius 3 is 2.53 bits per heavy atom. The van der Waals surface area contributed by atoms with Gasteiger partial charge in [0.1, 0.15) is 0 Å². The molecule has 1 rings (SSSR count). The van der Waals surface area contributed by atoms with Gasteiger partial charge in [-0.2, -0.15) is 0 Å². The summed E-state index contributed by atoms with van der Waals surface area (Å²) in [4.78, 5) is 5.59. The third-order valence-corrected chi connectivity index (χ3v) is 3.56. The summed E-state index contributed by atoms with van der Waals surface area (Å²) in [7, 11) is 0. The molecule has 2 nitrogen and oxygen atoms in total. The zero-order valence-electron chi connectivity index (χ0n) is 10.4. The van der Waals surface area contributed by atoms with Gasteiger partial charge in [0.15, 0.2) is 0 Å². The molecule has 1 atom stereocenters. The van der Waals surface area contributed by atoms with Gasteiger partial charge in [-0.15, -0.1) is 11.3 Å². The lowest BCUT2D eigenvalue weighted by Crippen LogP contribution is -2.39. The van der Waals surface area contributed by atoms with Gasteiger partial charge in [0.25, 0.3) is 0 Å². The second-order valence-electron chi connectivity index (χ2n) is 5.05. The number of nitrogens with one attached hydrogen (secondary N) is 1. The minimum Gasteiger partial charge on any atom is -0.309 e. The molecule has 0 aromatic carbocycles. The maximum Gasteiger partial charge on any atom is 0.0897 e. The second kappa shape index (κ2) is 5.08. The van der Waals surface area contributed by atoms with E-state index in [0.29, 0.717) is 11.5 Å². The molecule has 3 heteroatoms. The molecular formula is C12H22N2S. The van der Waals surface area contributed by atoms with Crippen molar-refractivity contribution >= 4 is 11.3 Å². The van der Waals surface area contributed by atoms with Crippen LogP contribution < -0.4 is 5.32 Å². The molecule has 0 aliphatic rings. The van der Waals surface area contributed by atoms with Crippen LogP contribution in [0.1, 0.15) is 44.0 Å². The average molecular weight is 226 g/mol. The van der Waals surface area contributed by atoms with E-state index in [1.54, 1.807) is 11.3 Å². The summed E-state index contributed by atoms with van der Waals surface area (Å²) in [6, 6.07) is 0.569. The molecular weight excluding hydrogens is 204 g/mol. The predicted octanol–water partition coefficient (Wildman–Crippen LogP) is 3.37. The van der Waals surface area contributed by atoms with Crippen molar-refractivity contribution in [3.8, 4) is 0 Å². The van der Waals surface area contributed by atoms with E-state index in [1.165, 1.54) is 11.3 Å². The quantitative estimate of drug-likeness (QED) is 0.851. The van der Waals surface area contributed by atoms with Crippen LogP contribution in [0, 0.1) is 12.3 Å². The summed E-state index contributed by atoms with van der Waals surface area (Å²) in [5.74, 6) is 0. The van der Waals surface area contributed by atoms with Crippen LogP contribution in [0.15, 0.2) is 6.20 Å². The molecule has 15 heavy (non-hydrogen) atoms. The van der Waals surface area contributed by atoms with Crippen LogP contribution in [0.25, 0.3) is 0 Å². The molecule has 1 unspecified atom stereocenters. The highest BCUT2D eigenvalue weighted by atomic mass is 32.1. The smallest absolute Gasteiger partial charge is 0.0897 e. The minimum atomic E-state index is 0.328. The molecule has 0 amide bonds. The summed E-state index contributed by atoms with van der Waals surface area (Å²) < 4.78 is 0. The van der Waals surface area contributed by atoms with Crippen molar-refractivity contribution in [2.45, 2.75) is 53.6 Å². The first-order chi connectivity index (χ1) is 6.93. The average Bonchev–Trinajstić information content (AvgIpc) is 2.50. The van der Waals surface area contributed by atoms with E-state index in [0.717, 1.165) is 11.6 Å². The lowest BCUT2D eigenvalue weighted by Gasteiger charge is -2.30. The summed E-state index contributed by atoms with van der Waals surface area (Å²) in [5, 5.41) is 4.76. The van der Waals surface area contributed by atoms with Gasteiger partial charge in [-0.1, -0.05) is 27.7 Å². The molecule has 1 heterocycles. The van der Waals surface area contributed by atoms with Crippen LogP contribution in [0.2, 0.25) is 0 Å². The first-order valence-corrected chi connectivity index (χ1v) is 6.40. The Hall–Kier alpha value is -0.410. The van der Waals surface area contributed by atoms with Crippen LogP contribution in [0.4, 0.5) is 0 Å². The molecule has 0 radical (unpaired) electrons. The zero-order valence-corrected chi connectivity index (χ0v) is 11.2. The van der Waals surface area contributed by atoms with E-state index in [4.69, 9.17) is 0 Å². The lowest BCUT2D eigenvalue weighted by molar-refractivity contribution is 0.260. The molecule has 0 saturated heterocycles. The normalized spacial score (nSPS) is 14.2. The van der Waals surface area contributed by atoms with Gasteiger partial charge in [-0.25, -0.2) is 4.98 Å². The molecule has 0 saturated carbocycles. The number of thiazole rings is 1. The summed E-state index contributed by atoms with van der Waals surface area (Å²) >= 11 is 1.78. The standard InChI is InChI=1S/C12H22N2S/c1-6-11(12(3,4)5)14-8-10-7-13-9(2)15-10/h7,11,14H,6,8H2,1-5H3. The monoisotopic (exact) mass is 226 g/mol. The fraction of sp³-hybridized carbons (Fsp3) is 0.750. The summed E-state index contributed by atoms with van der Waals surface area (Å²) in [6.45, 7) is 12.1. The van der Waals surface area contributed by atoms with Crippen LogP contribution in [0.5, 0.6) is 0 Å². The van der Waals surface area contributed by atoms with E-state index in [1.807, 2.05) is 6.20 Å². The van der Waals surface area contributed by atoms with Gasteiger partial charge in [-0.3, -0.25) is 0 Å². The number of hydrogen-bond donors (Lipinski definition) is 1. The Labute approximate surface area is 97.1 Å². The maximum atomic E-state index is 4.26. The van der Waals surface area contributed by atoms with E-state index in [2.05, 4.69) is 44.9 Å². The second-order valence-corrected chi connectivity index (χ2v) is 6.37. The van der Waals surface area contributed by atoms with Gasteiger partial charge < -0.3 is 5.32 Å². The maximum absolute atomic E-state index is 4.26. The number of aryl methyl sites for hydroxylation is 1. The van der Waals surface area contributed by atoms with Crippen molar-refractivity contribution in [2.75, 3.05) is 0 Å². The Kier molecular flexibility index (Phi) is 4.29. The van der Waals surface area contributed by atoms with Crippen molar-refractivity contribution < 1.29 is 0 Å². The van der Waals surface area contributed by atoms with Gasteiger partial charge in [0.05, 0.1) is 5.01 Å². The Morgan fingerprint density at radius 2 is 2.13 bits per heavy atom. The number of hydrogen-bond acceptors (Lipinski definition) is 3. The van der Waals surface area contributed by atoms with Crippen LogP contribution in [-0.2, 0) is 6.54 Å². The van der Waals surface area contributed by atoms with Crippen molar-refractivity contribution in [1.82, 2.24) is 10.3 Å². The third-order valence-electron chi connectivity index (χ3n) is 2.65. The van der Waals surface area contributed by atoms with Crippen molar-refractivity contribution in [2.24, 2.45) is 5.41 Å². The Balaban J connectivity index is 2.48. The van der Waals surface area contributed by atoms with E-state index < -0.39 is 0 Å². The number of rotatable bonds is 4. The molecule has 1 aromatic rings. The molecule has 0 aliphatic carbocycles. The van der Waals surface area contributed by atoms with Crippen molar-refractivity contribution in [1.29, 1.82) is 0 Å². The van der Waals surface area contributed by atoms with Gasteiger partial charge in [0.2, 0.25) is 0 Å². The topological polar surface area (TPSA) is 24.9 Å². The highest BCUT2D eigenvalue weighted by molar-refractivity contribution is 7.11. The summed E-state index contributed by atoms with van der Waals surface area (Å²) in [5.41, 5.74) is 0.328. The lowest BCUT2D eigenvalue weighted by atomic mass is 9.85. The van der Waals surface area contributed by atoms with Crippen LogP contribution in [-0.4, -0.2) is 11.0 Å². The predicted molar refractivity (Wildman–Crippen MR) is 67.2 cm³/mol. The highest BCUT2D eigenvalue weighted by Gasteiger charge is 2.22. The first-order valence-electron chi connectivity index (χ1n) is 5.58. The van der Waals surface area contributed by atoms with Crippen molar-refractivity contribution in [3.63, 3.8) is 0 Å². The molecule has 0 spiro atoms. The Morgan fingerprint density at radius 1 is 1.47 bits per heavy atom. The van der Waals surface area contributed by atoms with E-state index in [-0.39, 0.29) is 0 Å². The molecule has 0 fully saturated rings. The zero-order chi connectivity index (χ0) is 11.5. The van der Waals surface area contributed by atoms with E-state index >= 15 is 0 Å². The molecule has 0 bridgehead atoms. The first kappa shape index (κ1) is 12.7.